The van der Waals surface area contributed by atoms with Crippen molar-refractivity contribution in [1.29, 1.82) is 0 Å². The summed E-state index contributed by atoms with van der Waals surface area (Å²) in [6, 6.07) is 2.41. The molecule has 0 saturated heterocycles. The summed E-state index contributed by atoms with van der Waals surface area (Å²) in [5.41, 5.74) is 0.152. The lowest BCUT2D eigenvalue weighted by atomic mass is 10.1. The second-order valence-electron chi connectivity index (χ2n) is 6.75. The minimum absolute atomic E-state index is 0.0509. The first kappa shape index (κ1) is 21.1. The molecule has 25 heavy (non-hydrogen) atoms. The molecular weight excluding hydrogens is 334 g/mol. The van der Waals surface area contributed by atoms with Gasteiger partial charge in [0.2, 0.25) is 0 Å². The summed E-state index contributed by atoms with van der Waals surface area (Å²) in [6.45, 7) is 7.07. The number of ether oxygens (including phenoxy) is 2. The fraction of sp³-hybridized carbons (Fsp3) is 0.647. The average Bonchev–Trinajstić information content (AvgIpc) is 2.45. The number of nitro groups is 1. The molecule has 142 valence electrons. The Morgan fingerprint density at radius 3 is 2.08 bits per heavy atom. The highest BCUT2D eigenvalue weighted by molar-refractivity contribution is 5.54. The quantitative estimate of drug-likeness (QED) is 0.459. The van der Waals surface area contributed by atoms with E-state index in [2.05, 4.69) is 37.3 Å². The number of alkyl halides is 2. The van der Waals surface area contributed by atoms with Gasteiger partial charge >= 0.3 is 6.61 Å². The standard InChI is InChI=1S/C17H26F2N2O4/c1-11(2)8-20(9-12(3)4)10-13-6-15(24-5)16(25-17(18)19)7-14(13)21(22)23/h6-7,11-12,17H,8-10H2,1-5H3. The number of hydrogen-bond donors (Lipinski definition) is 0. The Bertz CT molecular complexity index is 570. The van der Waals surface area contributed by atoms with Crippen LogP contribution in [0, 0.1) is 22.0 Å². The van der Waals surface area contributed by atoms with Crippen LogP contribution in [0.1, 0.15) is 33.3 Å². The third-order valence-corrected chi connectivity index (χ3v) is 3.42. The summed E-state index contributed by atoms with van der Waals surface area (Å²) in [4.78, 5) is 12.9. The van der Waals surface area contributed by atoms with Crippen LogP contribution in [-0.2, 0) is 6.54 Å². The van der Waals surface area contributed by atoms with Gasteiger partial charge in [-0.3, -0.25) is 15.0 Å². The van der Waals surface area contributed by atoms with Crippen molar-refractivity contribution in [2.24, 2.45) is 11.8 Å². The van der Waals surface area contributed by atoms with Gasteiger partial charge in [-0.25, -0.2) is 0 Å². The first-order valence-corrected chi connectivity index (χ1v) is 8.16. The van der Waals surface area contributed by atoms with Crippen molar-refractivity contribution in [3.05, 3.63) is 27.8 Å². The molecule has 0 heterocycles. The Kier molecular flexibility index (Phi) is 8.02. The smallest absolute Gasteiger partial charge is 0.387 e. The monoisotopic (exact) mass is 360 g/mol. The highest BCUT2D eigenvalue weighted by atomic mass is 19.3. The molecule has 0 radical (unpaired) electrons. The van der Waals surface area contributed by atoms with Crippen LogP contribution in [0.15, 0.2) is 12.1 Å². The van der Waals surface area contributed by atoms with Gasteiger partial charge in [0.25, 0.3) is 5.69 Å². The second-order valence-corrected chi connectivity index (χ2v) is 6.75. The minimum Gasteiger partial charge on any atom is -0.493 e. The molecule has 1 aromatic carbocycles. The number of methoxy groups -OCH3 is 1. The van der Waals surface area contributed by atoms with Crippen molar-refractivity contribution >= 4 is 5.69 Å². The summed E-state index contributed by atoms with van der Waals surface area (Å²) >= 11 is 0. The molecule has 8 heteroatoms. The Hall–Kier alpha value is -1.96. The van der Waals surface area contributed by atoms with E-state index in [0.29, 0.717) is 23.9 Å². The third kappa shape index (κ3) is 6.81. The zero-order valence-electron chi connectivity index (χ0n) is 15.3. The molecule has 0 amide bonds. The Labute approximate surface area is 146 Å². The van der Waals surface area contributed by atoms with E-state index in [9.17, 15) is 18.9 Å². The van der Waals surface area contributed by atoms with Crippen molar-refractivity contribution in [3.63, 3.8) is 0 Å². The fourth-order valence-electron chi connectivity index (χ4n) is 2.71. The Balaban J connectivity index is 3.23. The highest BCUT2D eigenvalue weighted by Gasteiger charge is 2.23. The molecule has 1 rings (SSSR count). The van der Waals surface area contributed by atoms with E-state index < -0.39 is 11.5 Å². The highest BCUT2D eigenvalue weighted by Crippen LogP contribution is 2.36. The number of hydrogen-bond acceptors (Lipinski definition) is 5. The molecule has 0 unspecified atom stereocenters. The van der Waals surface area contributed by atoms with Gasteiger partial charge < -0.3 is 9.47 Å². The van der Waals surface area contributed by atoms with Gasteiger partial charge in [0.15, 0.2) is 11.5 Å². The van der Waals surface area contributed by atoms with Gasteiger partial charge in [-0.2, -0.15) is 8.78 Å². The van der Waals surface area contributed by atoms with E-state index in [0.717, 1.165) is 19.2 Å². The number of halogens is 2. The van der Waals surface area contributed by atoms with Crippen LogP contribution < -0.4 is 9.47 Å². The van der Waals surface area contributed by atoms with E-state index in [-0.39, 0.29) is 17.2 Å². The summed E-state index contributed by atoms with van der Waals surface area (Å²) in [6.07, 6.45) is 0. The number of benzene rings is 1. The summed E-state index contributed by atoms with van der Waals surface area (Å²) in [5, 5.41) is 11.4. The van der Waals surface area contributed by atoms with Crippen LogP contribution in [0.25, 0.3) is 0 Å². The van der Waals surface area contributed by atoms with Gasteiger partial charge in [-0.05, 0) is 17.9 Å². The molecule has 0 aliphatic rings. The van der Waals surface area contributed by atoms with Crippen molar-refractivity contribution in [3.8, 4) is 11.5 Å². The van der Waals surface area contributed by atoms with E-state index in [4.69, 9.17) is 4.74 Å². The molecule has 0 aliphatic carbocycles. The van der Waals surface area contributed by atoms with Gasteiger partial charge in [-0.1, -0.05) is 27.7 Å². The molecule has 0 atom stereocenters. The number of rotatable bonds is 10. The normalized spacial score (nSPS) is 11.6. The molecule has 0 saturated carbocycles. The van der Waals surface area contributed by atoms with E-state index in [1.54, 1.807) is 0 Å². The Morgan fingerprint density at radius 2 is 1.68 bits per heavy atom. The van der Waals surface area contributed by atoms with Crippen LogP contribution in [0.5, 0.6) is 11.5 Å². The molecule has 0 N–H and O–H groups in total. The average molecular weight is 360 g/mol. The van der Waals surface area contributed by atoms with Gasteiger partial charge in [0.05, 0.1) is 18.1 Å². The largest absolute Gasteiger partial charge is 0.493 e. The van der Waals surface area contributed by atoms with E-state index >= 15 is 0 Å². The van der Waals surface area contributed by atoms with Crippen LogP contribution in [-0.4, -0.2) is 36.6 Å². The van der Waals surface area contributed by atoms with Gasteiger partial charge in [0.1, 0.15) is 0 Å². The van der Waals surface area contributed by atoms with Gasteiger partial charge in [0, 0.05) is 25.2 Å². The van der Waals surface area contributed by atoms with Gasteiger partial charge in [-0.15, -0.1) is 0 Å². The zero-order chi connectivity index (χ0) is 19.1. The molecule has 0 fully saturated rings. The van der Waals surface area contributed by atoms with Crippen LogP contribution >= 0.6 is 0 Å². The van der Waals surface area contributed by atoms with Crippen LogP contribution in [0.4, 0.5) is 14.5 Å². The lowest BCUT2D eigenvalue weighted by Gasteiger charge is -2.26. The summed E-state index contributed by atoms with van der Waals surface area (Å²) < 4.78 is 34.4. The fourth-order valence-corrected chi connectivity index (χ4v) is 2.71. The predicted molar refractivity (Wildman–Crippen MR) is 91.2 cm³/mol. The Morgan fingerprint density at radius 1 is 1.12 bits per heavy atom. The third-order valence-electron chi connectivity index (χ3n) is 3.42. The molecule has 0 aromatic heterocycles. The molecule has 6 nitrogen and oxygen atoms in total. The maximum atomic E-state index is 12.5. The lowest BCUT2D eigenvalue weighted by molar-refractivity contribution is -0.385. The summed E-state index contributed by atoms with van der Waals surface area (Å²) in [5.74, 6) is 0.490. The van der Waals surface area contributed by atoms with Crippen LogP contribution in [0.2, 0.25) is 0 Å². The van der Waals surface area contributed by atoms with Crippen molar-refractivity contribution in [1.82, 2.24) is 4.90 Å². The number of nitrogens with zero attached hydrogens (tertiary/aromatic N) is 2. The number of nitro benzene ring substituents is 1. The lowest BCUT2D eigenvalue weighted by Crippen LogP contribution is -2.31. The molecule has 0 spiro atoms. The first-order valence-electron chi connectivity index (χ1n) is 8.16. The second kappa shape index (κ2) is 9.50. The molecular formula is C17H26F2N2O4. The van der Waals surface area contributed by atoms with Crippen molar-refractivity contribution in [2.45, 2.75) is 40.9 Å². The predicted octanol–water partition coefficient (Wildman–Crippen LogP) is 4.32. The molecule has 1 aromatic rings. The topological polar surface area (TPSA) is 64.8 Å². The molecule has 0 aliphatic heterocycles. The minimum atomic E-state index is -3.09. The van der Waals surface area contributed by atoms with Crippen LogP contribution in [0.3, 0.4) is 0 Å². The zero-order valence-corrected chi connectivity index (χ0v) is 15.3. The maximum Gasteiger partial charge on any atom is 0.387 e. The van der Waals surface area contributed by atoms with Crippen molar-refractivity contribution in [2.75, 3.05) is 20.2 Å². The van der Waals surface area contributed by atoms with Crippen molar-refractivity contribution < 1.29 is 23.2 Å². The maximum absolute atomic E-state index is 12.5. The van der Waals surface area contributed by atoms with E-state index in [1.165, 1.54) is 13.2 Å². The SMILES string of the molecule is COc1cc(CN(CC(C)C)CC(C)C)c([N+](=O)[O-])cc1OC(F)F. The first-order chi connectivity index (χ1) is 11.6. The van der Waals surface area contributed by atoms with E-state index in [1.807, 2.05) is 0 Å². The molecule has 0 bridgehead atoms. The summed E-state index contributed by atoms with van der Waals surface area (Å²) in [7, 11) is 1.31.